The first-order valence-corrected chi connectivity index (χ1v) is 13.6. The lowest BCUT2D eigenvalue weighted by molar-refractivity contribution is -0.127. The number of tetrazole rings is 1. The lowest BCUT2D eigenvalue weighted by Crippen LogP contribution is -2.46. The van der Waals surface area contributed by atoms with Crippen LogP contribution < -0.4 is 15.0 Å². The molecule has 3 heterocycles. The van der Waals surface area contributed by atoms with Crippen molar-refractivity contribution in [2.75, 3.05) is 25.2 Å². The highest BCUT2D eigenvalue weighted by atomic mass is 16.5. The number of ether oxygens (including phenoxy) is 2. The molecule has 3 aromatic carbocycles. The number of nitrogens with zero attached hydrogens (tertiary/aromatic N) is 8. The molecular weight excluding hydrogens is 538 g/mol. The Balaban J connectivity index is 1.42. The van der Waals surface area contributed by atoms with E-state index in [1.807, 2.05) is 54.6 Å². The highest BCUT2D eigenvalue weighted by Crippen LogP contribution is 2.34. The summed E-state index contributed by atoms with van der Waals surface area (Å²) in [6, 6.07) is 20.8. The van der Waals surface area contributed by atoms with Crippen molar-refractivity contribution in [3.8, 4) is 11.4 Å². The van der Waals surface area contributed by atoms with Crippen molar-refractivity contribution in [1.82, 2.24) is 40.5 Å². The highest BCUT2D eigenvalue weighted by molar-refractivity contribution is 6.01. The second-order valence-electron chi connectivity index (χ2n) is 9.80. The molecule has 214 valence electrons. The summed E-state index contributed by atoms with van der Waals surface area (Å²) in [5, 5.41) is 22.8. The fourth-order valence-electron chi connectivity index (χ4n) is 5.12. The van der Waals surface area contributed by atoms with E-state index in [2.05, 4.69) is 31.2 Å². The van der Waals surface area contributed by atoms with Crippen LogP contribution in [-0.2, 0) is 20.9 Å². The maximum atomic E-state index is 14.3. The van der Waals surface area contributed by atoms with E-state index >= 15 is 0 Å². The summed E-state index contributed by atoms with van der Waals surface area (Å²) < 4.78 is 14.4. The number of carbonyl (C=O) groups is 2. The van der Waals surface area contributed by atoms with Crippen molar-refractivity contribution in [3.05, 3.63) is 84.7 Å². The normalized spacial score (nSPS) is 15.4. The molecule has 1 aliphatic rings. The topological polar surface area (TPSA) is 142 Å². The molecule has 2 aromatic heterocycles. The van der Waals surface area contributed by atoms with Crippen LogP contribution in [0.2, 0.25) is 0 Å². The van der Waals surface area contributed by atoms with Gasteiger partial charge in [-0.25, -0.2) is 4.68 Å². The fraction of sp³-hybridized carbons (Fsp3) is 0.276. The molecule has 1 fully saturated rings. The Labute approximate surface area is 241 Å². The summed E-state index contributed by atoms with van der Waals surface area (Å²) in [6.45, 7) is 0.867. The molecule has 1 saturated heterocycles. The molecule has 0 radical (unpaired) electrons. The molecule has 1 N–H and O–H groups in total. The molecule has 2 atom stereocenters. The molecule has 0 saturated carbocycles. The van der Waals surface area contributed by atoms with Crippen molar-refractivity contribution >= 4 is 28.5 Å². The SMILES string of the molecule is COc1cc(N(C(=O)Cn2nnc3ccccc32)C(C(=O)NCC2CCCO2)c2ccccc2)ccc1-n1cnnn1. The maximum absolute atomic E-state index is 14.3. The molecule has 0 spiro atoms. The molecule has 42 heavy (non-hydrogen) atoms. The van der Waals surface area contributed by atoms with Crippen molar-refractivity contribution < 1.29 is 19.1 Å². The van der Waals surface area contributed by atoms with Crippen molar-refractivity contribution in [2.45, 2.75) is 31.5 Å². The van der Waals surface area contributed by atoms with Gasteiger partial charge in [-0.2, -0.15) is 4.68 Å². The average Bonchev–Trinajstić information content (AvgIpc) is 3.82. The summed E-state index contributed by atoms with van der Waals surface area (Å²) in [6.07, 6.45) is 3.20. The summed E-state index contributed by atoms with van der Waals surface area (Å²) in [5.41, 5.74) is 3.02. The number of amides is 2. The summed E-state index contributed by atoms with van der Waals surface area (Å²) in [5.74, 6) is -0.295. The fourth-order valence-corrected chi connectivity index (χ4v) is 5.12. The summed E-state index contributed by atoms with van der Waals surface area (Å²) in [7, 11) is 1.52. The Bertz CT molecular complexity index is 1670. The van der Waals surface area contributed by atoms with Gasteiger partial charge in [0.1, 0.15) is 35.9 Å². The Kier molecular flexibility index (Phi) is 7.81. The minimum atomic E-state index is -1.00. The van der Waals surface area contributed by atoms with Gasteiger partial charge in [-0.1, -0.05) is 47.7 Å². The van der Waals surface area contributed by atoms with Gasteiger partial charge in [-0.15, -0.1) is 10.2 Å². The largest absolute Gasteiger partial charge is 0.494 e. The number of fused-ring (bicyclic) bond motifs is 1. The van der Waals surface area contributed by atoms with E-state index in [0.29, 0.717) is 46.9 Å². The molecule has 2 amide bonds. The van der Waals surface area contributed by atoms with E-state index in [4.69, 9.17) is 9.47 Å². The van der Waals surface area contributed by atoms with Gasteiger partial charge >= 0.3 is 0 Å². The van der Waals surface area contributed by atoms with Crippen molar-refractivity contribution in [2.24, 2.45) is 0 Å². The van der Waals surface area contributed by atoms with E-state index in [-0.39, 0.29) is 24.5 Å². The number of hydrogen-bond donors (Lipinski definition) is 1. The minimum absolute atomic E-state index is 0.0632. The molecule has 0 bridgehead atoms. The van der Waals surface area contributed by atoms with Crippen LogP contribution in [0.1, 0.15) is 24.4 Å². The predicted octanol–water partition coefficient (Wildman–Crippen LogP) is 2.49. The van der Waals surface area contributed by atoms with Crippen LogP contribution in [0.4, 0.5) is 5.69 Å². The van der Waals surface area contributed by atoms with Crippen LogP contribution in [0.25, 0.3) is 16.7 Å². The lowest BCUT2D eigenvalue weighted by atomic mass is 10.0. The van der Waals surface area contributed by atoms with Gasteiger partial charge in [0.15, 0.2) is 0 Å². The van der Waals surface area contributed by atoms with Crippen LogP contribution in [0.15, 0.2) is 79.1 Å². The van der Waals surface area contributed by atoms with Gasteiger partial charge in [-0.05, 0) is 53.1 Å². The first kappa shape index (κ1) is 27.0. The van der Waals surface area contributed by atoms with Gasteiger partial charge in [0.05, 0.1) is 18.7 Å². The highest BCUT2D eigenvalue weighted by Gasteiger charge is 2.34. The first-order valence-electron chi connectivity index (χ1n) is 13.6. The van der Waals surface area contributed by atoms with Crippen LogP contribution in [0.5, 0.6) is 5.75 Å². The van der Waals surface area contributed by atoms with E-state index in [9.17, 15) is 9.59 Å². The van der Waals surface area contributed by atoms with Crippen LogP contribution in [0, 0.1) is 0 Å². The Morgan fingerprint density at radius 2 is 1.93 bits per heavy atom. The number of benzene rings is 3. The van der Waals surface area contributed by atoms with Gasteiger partial charge in [0.25, 0.3) is 0 Å². The minimum Gasteiger partial charge on any atom is -0.494 e. The first-order chi connectivity index (χ1) is 20.6. The lowest BCUT2D eigenvalue weighted by Gasteiger charge is -2.32. The molecule has 2 unspecified atom stereocenters. The zero-order valence-corrected chi connectivity index (χ0v) is 22.9. The molecule has 0 aliphatic carbocycles. The second kappa shape index (κ2) is 12.1. The van der Waals surface area contributed by atoms with Crippen molar-refractivity contribution in [1.29, 1.82) is 0 Å². The number of hydrogen-bond acceptors (Lipinski definition) is 9. The molecular formula is C29H29N9O4. The number of methoxy groups -OCH3 is 1. The number of nitrogens with one attached hydrogen (secondary N) is 1. The maximum Gasteiger partial charge on any atom is 0.249 e. The number of anilines is 1. The molecule has 5 aromatic rings. The molecule has 13 heteroatoms. The molecule has 6 rings (SSSR count). The number of aromatic nitrogens is 7. The summed E-state index contributed by atoms with van der Waals surface area (Å²) >= 11 is 0. The molecule has 1 aliphatic heterocycles. The number of carbonyl (C=O) groups excluding carboxylic acids is 2. The third-order valence-electron chi connectivity index (χ3n) is 7.16. The van der Waals surface area contributed by atoms with E-state index in [1.165, 1.54) is 27.7 Å². The predicted molar refractivity (Wildman–Crippen MR) is 152 cm³/mol. The number of para-hydroxylation sites is 1. The van der Waals surface area contributed by atoms with E-state index < -0.39 is 6.04 Å². The zero-order valence-electron chi connectivity index (χ0n) is 22.9. The second-order valence-corrected chi connectivity index (χ2v) is 9.80. The quantitative estimate of drug-likeness (QED) is 0.269. The third kappa shape index (κ3) is 5.54. The standard InChI is InChI=1S/C29H29N9O4/c1-41-26-16-21(13-14-25(26)37-19-31-33-35-37)38(27(39)18-36-24-12-6-5-11-23(24)32-34-36)28(20-8-3-2-4-9-20)29(40)30-17-22-10-7-15-42-22/h2-6,8-9,11-14,16,19,22,28H,7,10,15,17-18H2,1H3,(H,30,40). The van der Waals surface area contributed by atoms with Crippen molar-refractivity contribution in [3.63, 3.8) is 0 Å². The van der Waals surface area contributed by atoms with Gasteiger partial charge in [-0.3, -0.25) is 14.5 Å². The summed E-state index contributed by atoms with van der Waals surface area (Å²) in [4.78, 5) is 29.8. The zero-order chi connectivity index (χ0) is 28.9. The van der Waals surface area contributed by atoms with Gasteiger partial charge < -0.3 is 14.8 Å². The molecule has 13 nitrogen and oxygen atoms in total. The van der Waals surface area contributed by atoms with Gasteiger partial charge in [0, 0.05) is 24.9 Å². The van der Waals surface area contributed by atoms with E-state index in [0.717, 1.165) is 12.8 Å². The average molecular weight is 568 g/mol. The van der Waals surface area contributed by atoms with Crippen LogP contribution in [-0.4, -0.2) is 73.4 Å². The Morgan fingerprint density at radius 1 is 1.10 bits per heavy atom. The smallest absolute Gasteiger partial charge is 0.249 e. The van der Waals surface area contributed by atoms with Crippen LogP contribution in [0.3, 0.4) is 0 Å². The Hall–Kier alpha value is -5.17. The third-order valence-corrected chi connectivity index (χ3v) is 7.16. The number of rotatable bonds is 10. The monoisotopic (exact) mass is 567 g/mol. The Morgan fingerprint density at radius 3 is 2.69 bits per heavy atom. The van der Waals surface area contributed by atoms with Crippen LogP contribution >= 0.6 is 0 Å². The van der Waals surface area contributed by atoms with E-state index in [1.54, 1.807) is 18.2 Å². The van der Waals surface area contributed by atoms with Gasteiger partial charge in [0.2, 0.25) is 11.8 Å².